The lowest BCUT2D eigenvalue weighted by molar-refractivity contribution is -0.121. The van der Waals surface area contributed by atoms with Crippen molar-refractivity contribution in [2.75, 3.05) is 13.7 Å². The molecular formula is C17H14N4O2S2. The van der Waals surface area contributed by atoms with Crippen LogP contribution in [0.3, 0.4) is 0 Å². The Bertz CT molecular complexity index is 946. The Labute approximate surface area is 152 Å². The van der Waals surface area contributed by atoms with Crippen molar-refractivity contribution in [1.82, 2.24) is 15.1 Å². The maximum atomic E-state index is 12.5. The number of amidine groups is 1. The number of benzene rings is 1. The van der Waals surface area contributed by atoms with Crippen molar-refractivity contribution in [3.63, 3.8) is 0 Å². The molecule has 0 N–H and O–H groups in total. The zero-order valence-electron chi connectivity index (χ0n) is 13.6. The van der Waals surface area contributed by atoms with Crippen LogP contribution >= 0.6 is 23.1 Å². The second-order valence-electron chi connectivity index (χ2n) is 5.52. The van der Waals surface area contributed by atoms with Gasteiger partial charge in [0.15, 0.2) is 5.17 Å². The minimum Gasteiger partial charge on any atom is -0.488 e. The van der Waals surface area contributed by atoms with E-state index in [1.165, 1.54) is 28.0 Å². The van der Waals surface area contributed by atoms with Crippen molar-refractivity contribution in [3.8, 4) is 5.75 Å². The smallest absolute Gasteiger partial charge is 0.266 e. The quantitative estimate of drug-likeness (QED) is 0.758. The van der Waals surface area contributed by atoms with Crippen LogP contribution in [0.5, 0.6) is 5.75 Å². The summed E-state index contributed by atoms with van der Waals surface area (Å²) in [6.45, 7) is 2.32. The number of thioether (sulfide) groups is 1. The fourth-order valence-corrected chi connectivity index (χ4v) is 4.05. The minimum atomic E-state index is -0.0789. The molecule has 1 amide bonds. The van der Waals surface area contributed by atoms with E-state index in [4.69, 9.17) is 4.74 Å². The van der Waals surface area contributed by atoms with Crippen LogP contribution in [0.1, 0.15) is 10.6 Å². The summed E-state index contributed by atoms with van der Waals surface area (Å²) in [7, 11) is 1.71. The van der Waals surface area contributed by atoms with Crippen LogP contribution in [0.15, 0.2) is 45.8 Å². The van der Waals surface area contributed by atoms with Crippen molar-refractivity contribution < 1.29 is 9.53 Å². The van der Waals surface area contributed by atoms with Crippen LogP contribution in [0.2, 0.25) is 0 Å². The van der Waals surface area contributed by atoms with Gasteiger partial charge in [-0.05, 0) is 42.5 Å². The molecule has 1 fully saturated rings. The van der Waals surface area contributed by atoms with E-state index >= 15 is 0 Å². The van der Waals surface area contributed by atoms with Gasteiger partial charge in [0, 0.05) is 12.6 Å². The highest BCUT2D eigenvalue weighted by molar-refractivity contribution is 8.18. The number of hydrogen-bond donors (Lipinski definition) is 0. The van der Waals surface area contributed by atoms with Gasteiger partial charge in [0.1, 0.15) is 17.4 Å². The summed E-state index contributed by atoms with van der Waals surface area (Å²) in [6.07, 6.45) is 3.91. The number of amides is 1. The molecule has 0 bridgehead atoms. The van der Waals surface area contributed by atoms with Crippen molar-refractivity contribution in [2.24, 2.45) is 4.99 Å². The maximum absolute atomic E-state index is 12.5. The van der Waals surface area contributed by atoms with Crippen molar-refractivity contribution in [1.29, 1.82) is 0 Å². The molecule has 0 saturated carbocycles. The molecule has 3 heterocycles. The summed E-state index contributed by atoms with van der Waals surface area (Å²) >= 11 is 2.73. The molecule has 0 atom stereocenters. The highest BCUT2D eigenvalue weighted by Crippen LogP contribution is 2.34. The second-order valence-corrected chi connectivity index (χ2v) is 7.69. The number of likely N-dealkylation sites (N-methyl/N-ethyl adjacent to an activating group) is 1. The summed E-state index contributed by atoms with van der Waals surface area (Å²) in [4.78, 5) is 19.1. The molecule has 4 rings (SSSR count). The zero-order chi connectivity index (χ0) is 17.4. The van der Waals surface area contributed by atoms with E-state index in [1.807, 2.05) is 43.3 Å². The first-order chi connectivity index (χ1) is 12.1. The molecule has 1 aromatic carbocycles. The molecule has 0 spiro atoms. The molecule has 2 aliphatic heterocycles. The van der Waals surface area contributed by atoms with Crippen molar-refractivity contribution in [2.45, 2.75) is 6.92 Å². The molecular weight excluding hydrogens is 356 g/mol. The number of aliphatic imine (C=N–C) groups is 1. The fraction of sp³-hybridized carbons (Fsp3) is 0.176. The first-order valence-corrected chi connectivity index (χ1v) is 9.22. The average molecular weight is 370 g/mol. The number of aromatic nitrogens is 2. The van der Waals surface area contributed by atoms with E-state index in [2.05, 4.69) is 15.2 Å². The molecule has 1 aromatic heterocycles. The van der Waals surface area contributed by atoms with Crippen LogP contribution in [0.4, 0.5) is 5.13 Å². The summed E-state index contributed by atoms with van der Waals surface area (Å²) in [6, 6.07) is 7.84. The molecule has 8 heteroatoms. The van der Waals surface area contributed by atoms with Gasteiger partial charge in [0.2, 0.25) is 5.13 Å². The summed E-state index contributed by atoms with van der Waals surface area (Å²) in [5, 5.41) is 9.92. The molecule has 1 saturated heterocycles. The van der Waals surface area contributed by atoms with E-state index in [0.29, 0.717) is 21.8 Å². The molecule has 0 aliphatic carbocycles. The fourth-order valence-electron chi connectivity index (χ4n) is 2.45. The Morgan fingerprint density at radius 2 is 2.16 bits per heavy atom. The van der Waals surface area contributed by atoms with Gasteiger partial charge in [-0.15, -0.1) is 10.2 Å². The van der Waals surface area contributed by atoms with Crippen LogP contribution in [0, 0.1) is 6.92 Å². The van der Waals surface area contributed by atoms with Gasteiger partial charge in [-0.1, -0.05) is 29.5 Å². The monoisotopic (exact) mass is 370 g/mol. The topological polar surface area (TPSA) is 67.7 Å². The van der Waals surface area contributed by atoms with Crippen LogP contribution in [-0.4, -0.2) is 39.8 Å². The van der Waals surface area contributed by atoms with E-state index in [-0.39, 0.29) is 5.91 Å². The zero-order valence-corrected chi connectivity index (χ0v) is 15.2. The standard InChI is InChI=1S/C17H14N4O2S2/c1-10-19-20-16(24-10)18-17-21(2)15(22)14(25-17)8-11-7-12-5-3-4-6-13(12)23-9-11/h3-8H,9H2,1-2H3. The van der Waals surface area contributed by atoms with Gasteiger partial charge < -0.3 is 4.74 Å². The molecule has 6 nitrogen and oxygen atoms in total. The van der Waals surface area contributed by atoms with Crippen molar-refractivity contribution >= 4 is 45.4 Å². The number of para-hydroxylation sites is 1. The average Bonchev–Trinajstić information content (AvgIpc) is 3.14. The van der Waals surface area contributed by atoms with Crippen LogP contribution in [-0.2, 0) is 4.79 Å². The number of hydrogen-bond acceptors (Lipinski definition) is 7. The largest absolute Gasteiger partial charge is 0.488 e. The Hall–Kier alpha value is -2.45. The molecule has 2 aromatic rings. The third-order valence-electron chi connectivity index (χ3n) is 3.68. The summed E-state index contributed by atoms with van der Waals surface area (Å²) in [5.74, 6) is 0.783. The van der Waals surface area contributed by atoms with Gasteiger partial charge in [0.05, 0.1) is 4.91 Å². The van der Waals surface area contributed by atoms with Gasteiger partial charge in [-0.3, -0.25) is 9.69 Å². The van der Waals surface area contributed by atoms with Gasteiger partial charge >= 0.3 is 0 Å². The molecule has 0 radical (unpaired) electrons. The number of carbonyl (C=O) groups is 1. The van der Waals surface area contributed by atoms with E-state index < -0.39 is 0 Å². The first-order valence-electron chi connectivity index (χ1n) is 7.59. The molecule has 0 unspecified atom stereocenters. The van der Waals surface area contributed by atoms with Gasteiger partial charge in [-0.25, -0.2) is 0 Å². The highest BCUT2D eigenvalue weighted by atomic mass is 32.2. The number of fused-ring (bicyclic) bond motifs is 1. The predicted octanol–water partition coefficient (Wildman–Crippen LogP) is 3.40. The number of rotatable bonds is 2. The van der Waals surface area contributed by atoms with Crippen molar-refractivity contribution in [3.05, 3.63) is 51.4 Å². The Morgan fingerprint density at radius 1 is 1.32 bits per heavy atom. The Morgan fingerprint density at radius 3 is 2.96 bits per heavy atom. The molecule has 126 valence electrons. The minimum absolute atomic E-state index is 0.0789. The van der Waals surface area contributed by atoms with Crippen LogP contribution in [0.25, 0.3) is 6.08 Å². The predicted molar refractivity (Wildman–Crippen MR) is 100 cm³/mol. The highest BCUT2D eigenvalue weighted by Gasteiger charge is 2.31. The normalized spacial score (nSPS) is 20.0. The molecule has 2 aliphatic rings. The van der Waals surface area contributed by atoms with Crippen LogP contribution < -0.4 is 4.74 Å². The number of aryl methyl sites for hydroxylation is 1. The van der Waals surface area contributed by atoms with E-state index in [0.717, 1.165) is 21.9 Å². The van der Waals surface area contributed by atoms with Gasteiger partial charge in [0.25, 0.3) is 5.91 Å². The SMILES string of the molecule is Cc1nnc(N=C2SC(=CC3=Cc4ccccc4OC3)C(=O)N2C)s1. The number of ether oxygens (including phenoxy) is 1. The Balaban J connectivity index is 1.61. The number of nitrogens with zero attached hydrogens (tertiary/aromatic N) is 4. The third kappa shape index (κ3) is 3.22. The Kier molecular flexibility index (Phi) is 4.14. The second kappa shape index (κ2) is 6.45. The lowest BCUT2D eigenvalue weighted by atomic mass is 10.1. The van der Waals surface area contributed by atoms with E-state index in [1.54, 1.807) is 7.05 Å². The first kappa shape index (κ1) is 16.0. The summed E-state index contributed by atoms with van der Waals surface area (Å²) < 4.78 is 5.74. The molecule has 25 heavy (non-hydrogen) atoms. The third-order valence-corrected chi connectivity index (χ3v) is 5.47. The number of carbonyl (C=O) groups excluding carboxylic acids is 1. The maximum Gasteiger partial charge on any atom is 0.266 e. The lowest BCUT2D eigenvalue weighted by Gasteiger charge is -2.15. The van der Waals surface area contributed by atoms with Gasteiger partial charge in [-0.2, -0.15) is 4.99 Å². The van der Waals surface area contributed by atoms with E-state index in [9.17, 15) is 4.79 Å². The lowest BCUT2D eigenvalue weighted by Crippen LogP contribution is -2.23. The summed E-state index contributed by atoms with van der Waals surface area (Å²) in [5.41, 5.74) is 1.97.